The van der Waals surface area contributed by atoms with Crippen LogP contribution in [-0.2, 0) is 7.05 Å². The Morgan fingerprint density at radius 3 is 2.71 bits per heavy atom. The third-order valence-corrected chi connectivity index (χ3v) is 2.70. The Labute approximate surface area is 89.9 Å². The highest BCUT2D eigenvalue weighted by molar-refractivity contribution is 9.10. The van der Waals surface area contributed by atoms with Crippen molar-refractivity contribution in [2.75, 3.05) is 5.73 Å². The molecule has 0 aliphatic heterocycles. The molecule has 2 rings (SSSR count). The minimum atomic E-state index is 0.480. The Hall–Kier alpha value is -1.36. The summed E-state index contributed by atoms with van der Waals surface area (Å²) in [5.74, 6) is 0.480. The van der Waals surface area contributed by atoms with Crippen molar-refractivity contribution in [3.8, 4) is 11.4 Å². The Bertz CT molecular complexity index is 449. The van der Waals surface area contributed by atoms with Crippen LogP contribution in [-0.4, -0.2) is 14.8 Å². The summed E-state index contributed by atoms with van der Waals surface area (Å²) in [6.45, 7) is 0. The van der Waals surface area contributed by atoms with E-state index in [1.807, 2.05) is 25.2 Å². The Morgan fingerprint density at radius 1 is 1.43 bits per heavy atom. The first-order chi connectivity index (χ1) is 6.70. The van der Waals surface area contributed by atoms with Crippen LogP contribution in [0.2, 0.25) is 0 Å². The molecule has 0 unspecified atom stereocenters. The maximum Gasteiger partial charge on any atom is 0.160 e. The normalized spacial score (nSPS) is 10.4. The zero-order chi connectivity index (χ0) is 10.1. The average Bonchev–Trinajstić information content (AvgIpc) is 2.43. The minimum absolute atomic E-state index is 0.480. The Balaban J connectivity index is 2.62. The summed E-state index contributed by atoms with van der Waals surface area (Å²) in [6, 6.07) is 5.72. The minimum Gasteiger partial charge on any atom is -0.381 e. The highest BCUT2D eigenvalue weighted by atomic mass is 79.9. The number of nitrogen functional groups attached to an aromatic ring is 1. The second-order valence-electron chi connectivity index (χ2n) is 2.89. The number of nitrogens with zero attached hydrogens (tertiary/aromatic N) is 3. The average molecular weight is 253 g/mol. The van der Waals surface area contributed by atoms with Crippen LogP contribution in [0.3, 0.4) is 0 Å². The molecule has 0 aliphatic rings. The van der Waals surface area contributed by atoms with Crippen molar-refractivity contribution in [1.82, 2.24) is 14.8 Å². The van der Waals surface area contributed by atoms with Gasteiger partial charge in [0.25, 0.3) is 0 Å². The smallest absolute Gasteiger partial charge is 0.160 e. The van der Waals surface area contributed by atoms with Crippen LogP contribution in [0.1, 0.15) is 0 Å². The van der Waals surface area contributed by atoms with Crippen molar-refractivity contribution in [3.05, 3.63) is 28.9 Å². The number of halogens is 1. The summed E-state index contributed by atoms with van der Waals surface area (Å²) in [7, 11) is 1.84. The molecule has 0 amide bonds. The fourth-order valence-corrected chi connectivity index (χ4v) is 1.84. The van der Waals surface area contributed by atoms with Crippen molar-refractivity contribution in [2.24, 2.45) is 7.05 Å². The van der Waals surface area contributed by atoms with Crippen LogP contribution < -0.4 is 5.73 Å². The van der Waals surface area contributed by atoms with E-state index >= 15 is 0 Å². The van der Waals surface area contributed by atoms with Gasteiger partial charge in [0.15, 0.2) is 5.82 Å². The summed E-state index contributed by atoms with van der Waals surface area (Å²) in [5, 5.41) is 4.09. The predicted molar refractivity (Wildman–Crippen MR) is 58.6 cm³/mol. The van der Waals surface area contributed by atoms with Gasteiger partial charge in [-0.15, -0.1) is 0 Å². The molecule has 0 aromatic carbocycles. The van der Waals surface area contributed by atoms with Crippen LogP contribution in [0.15, 0.2) is 28.9 Å². The lowest BCUT2D eigenvalue weighted by Gasteiger charge is -2.00. The molecule has 72 valence electrons. The van der Waals surface area contributed by atoms with E-state index in [1.165, 1.54) is 0 Å². The number of hydrogen-bond donors (Lipinski definition) is 1. The lowest BCUT2D eigenvalue weighted by atomic mass is 10.3. The zero-order valence-corrected chi connectivity index (χ0v) is 9.19. The van der Waals surface area contributed by atoms with Crippen LogP contribution in [0.25, 0.3) is 11.4 Å². The molecular weight excluding hydrogens is 244 g/mol. The van der Waals surface area contributed by atoms with Gasteiger partial charge < -0.3 is 5.73 Å². The molecule has 5 heteroatoms. The van der Waals surface area contributed by atoms with Crippen LogP contribution >= 0.6 is 15.9 Å². The molecule has 2 heterocycles. The maximum atomic E-state index is 5.67. The number of anilines is 1. The van der Waals surface area contributed by atoms with Crippen LogP contribution in [0.5, 0.6) is 0 Å². The summed E-state index contributed by atoms with van der Waals surface area (Å²) >= 11 is 3.39. The van der Waals surface area contributed by atoms with E-state index in [4.69, 9.17) is 5.73 Å². The van der Waals surface area contributed by atoms with Crippen LogP contribution in [0, 0.1) is 0 Å². The van der Waals surface area contributed by atoms with Gasteiger partial charge in [0.05, 0.1) is 10.2 Å². The van der Waals surface area contributed by atoms with E-state index in [0.29, 0.717) is 5.82 Å². The molecule has 2 N–H and O–H groups in total. The molecule has 14 heavy (non-hydrogen) atoms. The van der Waals surface area contributed by atoms with E-state index in [1.54, 1.807) is 10.9 Å². The molecular formula is C9H9BrN4. The molecule has 0 saturated heterocycles. The van der Waals surface area contributed by atoms with Gasteiger partial charge in [-0.25, -0.2) is 0 Å². The Morgan fingerprint density at radius 2 is 2.21 bits per heavy atom. The molecule has 0 radical (unpaired) electrons. The largest absolute Gasteiger partial charge is 0.381 e. The van der Waals surface area contributed by atoms with Gasteiger partial charge in [-0.1, -0.05) is 6.07 Å². The van der Waals surface area contributed by atoms with E-state index in [-0.39, 0.29) is 0 Å². The molecule has 0 bridgehead atoms. The second kappa shape index (κ2) is 3.42. The van der Waals surface area contributed by atoms with Crippen molar-refractivity contribution >= 4 is 21.7 Å². The van der Waals surface area contributed by atoms with E-state index in [9.17, 15) is 0 Å². The fourth-order valence-electron chi connectivity index (χ4n) is 1.30. The summed E-state index contributed by atoms with van der Waals surface area (Å²) in [6.07, 6.45) is 1.74. The molecule has 0 spiro atoms. The van der Waals surface area contributed by atoms with Crippen LogP contribution in [0.4, 0.5) is 5.82 Å². The quantitative estimate of drug-likeness (QED) is 0.843. The topological polar surface area (TPSA) is 56.7 Å². The first-order valence-electron chi connectivity index (χ1n) is 4.09. The van der Waals surface area contributed by atoms with E-state index in [2.05, 4.69) is 26.0 Å². The summed E-state index contributed by atoms with van der Waals surface area (Å²) in [4.78, 5) is 4.24. The first-order valence-corrected chi connectivity index (χ1v) is 4.89. The first kappa shape index (κ1) is 9.21. The third kappa shape index (κ3) is 1.39. The summed E-state index contributed by atoms with van der Waals surface area (Å²) in [5.41, 5.74) is 7.42. The SMILES string of the molecule is Cn1nc(N)c(Br)c1-c1ccccn1. The molecule has 0 saturated carbocycles. The monoisotopic (exact) mass is 252 g/mol. The highest BCUT2D eigenvalue weighted by Crippen LogP contribution is 2.30. The van der Waals surface area contributed by atoms with E-state index in [0.717, 1.165) is 15.9 Å². The van der Waals surface area contributed by atoms with Gasteiger partial charge >= 0.3 is 0 Å². The van der Waals surface area contributed by atoms with Crippen molar-refractivity contribution in [1.29, 1.82) is 0 Å². The third-order valence-electron chi connectivity index (χ3n) is 1.92. The van der Waals surface area contributed by atoms with Gasteiger partial charge in [-0.05, 0) is 28.1 Å². The van der Waals surface area contributed by atoms with E-state index < -0.39 is 0 Å². The lowest BCUT2D eigenvalue weighted by Crippen LogP contribution is -1.95. The zero-order valence-electron chi connectivity index (χ0n) is 7.61. The number of aryl methyl sites for hydroxylation is 1. The predicted octanol–water partition coefficient (Wildman–Crippen LogP) is 1.83. The standard InChI is InChI=1S/C9H9BrN4/c1-14-8(7(10)9(11)13-14)6-4-2-3-5-12-6/h2-5H,1H3,(H2,11,13). The number of pyridine rings is 1. The second-order valence-corrected chi connectivity index (χ2v) is 3.68. The summed E-state index contributed by atoms with van der Waals surface area (Å²) < 4.78 is 2.50. The number of hydrogen-bond acceptors (Lipinski definition) is 3. The highest BCUT2D eigenvalue weighted by Gasteiger charge is 2.13. The van der Waals surface area contributed by atoms with Crippen molar-refractivity contribution in [3.63, 3.8) is 0 Å². The molecule has 0 atom stereocenters. The molecule has 0 aliphatic carbocycles. The van der Waals surface area contributed by atoms with Gasteiger partial charge in [0.1, 0.15) is 5.69 Å². The van der Waals surface area contributed by atoms with Gasteiger partial charge in [0, 0.05) is 13.2 Å². The van der Waals surface area contributed by atoms with Gasteiger partial charge in [-0.3, -0.25) is 9.67 Å². The molecule has 0 fully saturated rings. The molecule has 2 aromatic heterocycles. The van der Waals surface area contributed by atoms with Gasteiger partial charge in [0.2, 0.25) is 0 Å². The van der Waals surface area contributed by atoms with Crippen molar-refractivity contribution in [2.45, 2.75) is 0 Å². The number of rotatable bonds is 1. The molecule has 4 nitrogen and oxygen atoms in total. The maximum absolute atomic E-state index is 5.67. The lowest BCUT2D eigenvalue weighted by molar-refractivity contribution is 0.777. The molecule has 2 aromatic rings. The Kier molecular flexibility index (Phi) is 2.25. The fraction of sp³-hybridized carbons (Fsp3) is 0.111. The van der Waals surface area contributed by atoms with Gasteiger partial charge in [-0.2, -0.15) is 5.10 Å². The number of aromatic nitrogens is 3. The number of nitrogens with two attached hydrogens (primary N) is 1. The van der Waals surface area contributed by atoms with Crippen molar-refractivity contribution < 1.29 is 0 Å².